The number of aromatic amines is 1. The number of guanidine groups is 1. The van der Waals surface area contributed by atoms with Crippen molar-refractivity contribution < 1.29 is 43.5 Å². The minimum absolute atomic E-state index is 0.0113. The van der Waals surface area contributed by atoms with Gasteiger partial charge in [0.2, 0.25) is 46.7 Å². The number of hydrogen-bond acceptors (Lipinski definition) is 12. The summed E-state index contributed by atoms with van der Waals surface area (Å²) in [6.45, 7) is 6.93. The molecular formula is C48H68N15O9+. The molecule has 0 spiro atoms. The summed E-state index contributed by atoms with van der Waals surface area (Å²) in [5.74, 6) is -7.26. The lowest BCUT2D eigenvalue weighted by atomic mass is 9.98. The Hall–Kier alpha value is -7.94. The number of aromatic nitrogens is 2. The molecule has 7 amide bonds. The summed E-state index contributed by atoms with van der Waals surface area (Å²) in [6.07, 6.45) is 3.76. The summed E-state index contributed by atoms with van der Waals surface area (Å²) < 4.78 is 0. The second-order valence-corrected chi connectivity index (χ2v) is 18.2. The molecular weight excluding hydrogens is 931 g/mol. The molecule has 0 saturated carbocycles. The fourth-order valence-corrected chi connectivity index (χ4v) is 8.06. The van der Waals surface area contributed by atoms with Crippen LogP contribution in [0, 0.1) is 17.2 Å². The fraction of sp³-hybridized carbons (Fsp3) is 0.500. The largest absolute Gasteiger partial charge is 0.480 e. The number of likely N-dealkylation sites (N-methyl/N-ethyl adjacent to an activating group) is 1. The number of carboxylic acids is 1. The van der Waals surface area contributed by atoms with Crippen LogP contribution in [0.1, 0.15) is 70.2 Å². The molecule has 4 rings (SSSR count). The molecule has 0 unspecified atom stereocenters. The van der Waals surface area contributed by atoms with Crippen molar-refractivity contribution in [3.05, 3.63) is 88.9 Å². The molecule has 72 heavy (non-hydrogen) atoms. The molecule has 1 aliphatic heterocycles. The Balaban J connectivity index is 1.57. The smallest absolute Gasteiger partial charge is 0.385 e. The molecule has 1 aromatic heterocycles. The molecule has 388 valence electrons. The standard InChI is InChI=1S/C48H67N15O9/c1-27(2)39(60-41(65)33(56-38(64)25-52-5)13-9-19-54-48(49)50)44(68)57-34(21-30-15-17-31(62-51)18-16-30)42(66)61-40(28(3)4)45(69)58-35(23-32-24-53-26-55-32)46(70)63-20-10-14-37(63)43(67)59-36(47(71)72)22-29-11-7-6-8-12-29/h6-8,11-12,15-18,24,26-28,33-37,39-40,52H,9-10,13-14,19-23,25H2,1-5H3,(H11-,49,50,53,54,55,56,57,58,59,60,61,64,65,66,67,68,69,71,72)/p+1/t33-,34-,35-,36-,37-,39-,40-/m0/s1. The number of diazo groups is 1. The monoisotopic (exact) mass is 999 g/mol. The highest BCUT2D eigenvalue weighted by Crippen LogP contribution is 2.21. The third kappa shape index (κ3) is 17.5. The summed E-state index contributed by atoms with van der Waals surface area (Å²) in [4.78, 5) is 125. The molecule has 7 atom stereocenters. The number of rotatable bonds is 27. The summed E-state index contributed by atoms with van der Waals surface area (Å²) in [6, 6.07) is 6.36. The Morgan fingerprint density at radius 3 is 1.93 bits per heavy atom. The second kappa shape index (κ2) is 28.0. The van der Waals surface area contributed by atoms with E-state index >= 15 is 0 Å². The van der Waals surface area contributed by atoms with Gasteiger partial charge in [-0.3, -0.25) is 38.6 Å². The highest BCUT2D eigenvalue weighted by molar-refractivity contribution is 5.98. The van der Waals surface area contributed by atoms with Crippen LogP contribution >= 0.6 is 0 Å². The molecule has 1 fully saturated rings. The molecule has 13 N–H and O–H groups in total. The van der Waals surface area contributed by atoms with E-state index in [-0.39, 0.29) is 63.4 Å². The molecule has 0 bridgehead atoms. The number of H-pyrrole nitrogens is 1. The number of hydrogen-bond donors (Lipinski definition) is 11. The number of amides is 7. The van der Waals surface area contributed by atoms with Crippen molar-refractivity contribution >= 4 is 59.0 Å². The molecule has 1 aliphatic rings. The summed E-state index contributed by atoms with van der Waals surface area (Å²) in [5, 5.41) is 38.2. The number of benzene rings is 2. The van der Waals surface area contributed by atoms with Crippen LogP contribution in [0.15, 0.2) is 72.1 Å². The number of likely N-dealkylation sites (tertiary alicyclic amines) is 1. The lowest BCUT2D eigenvalue weighted by Crippen LogP contribution is -2.61. The average Bonchev–Trinajstić information content (AvgIpc) is 4.06. The van der Waals surface area contributed by atoms with Gasteiger partial charge in [0, 0.05) is 56.4 Å². The van der Waals surface area contributed by atoms with E-state index in [2.05, 4.69) is 57.2 Å². The van der Waals surface area contributed by atoms with Gasteiger partial charge in [0.25, 0.3) is 0 Å². The maximum Gasteiger partial charge on any atom is 0.385 e. The highest BCUT2D eigenvalue weighted by atomic mass is 16.4. The van der Waals surface area contributed by atoms with Crippen LogP contribution in [0.25, 0.3) is 4.98 Å². The third-order valence-corrected chi connectivity index (χ3v) is 11.9. The number of aliphatic carboxylic acids is 1. The first-order chi connectivity index (χ1) is 34.3. The molecule has 1 saturated heterocycles. The molecule has 3 aromatic rings. The van der Waals surface area contributed by atoms with Crippen molar-refractivity contribution in [2.45, 2.75) is 115 Å². The van der Waals surface area contributed by atoms with E-state index in [1.165, 1.54) is 29.6 Å². The third-order valence-electron chi connectivity index (χ3n) is 11.9. The SMILES string of the molecule is CNCC(=O)N[C@@H](CCCN=C(N)N)C(=O)N[C@H](C(=O)N[C@@H](Cc1ccc([N+]#N)cc1)C(=O)N[C@H](C(=O)N[C@@H](Cc1cnc[nH]1)C(=O)N1CCC[C@H]1C(=O)N[C@@H](Cc1ccccc1)C(=O)O)C(C)C)C(C)C. The van der Waals surface area contributed by atoms with Gasteiger partial charge < -0.3 is 63.7 Å². The molecule has 0 radical (unpaired) electrons. The number of carbonyl (C=O) groups is 8. The van der Waals surface area contributed by atoms with E-state index in [0.717, 1.165) is 0 Å². The van der Waals surface area contributed by atoms with Crippen LogP contribution in [-0.4, -0.2) is 142 Å². The minimum atomic E-state index is -1.37. The highest BCUT2D eigenvalue weighted by Gasteiger charge is 2.41. The Morgan fingerprint density at radius 1 is 0.778 bits per heavy atom. The molecule has 2 heterocycles. The van der Waals surface area contributed by atoms with E-state index < -0.39 is 101 Å². The van der Waals surface area contributed by atoms with Crippen LogP contribution in [0.2, 0.25) is 0 Å². The number of aliphatic imine (C=N–C) groups is 1. The van der Waals surface area contributed by atoms with E-state index in [1.807, 2.05) is 0 Å². The topological polar surface area (TPSA) is 365 Å². The first-order valence-corrected chi connectivity index (χ1v) is 23.8. The van der Waals surface area contributed by atoms with Crippen LogP contribution in [0.3, 0.4) is 0 Å². The Morgan fingerprint density at radius 2 is 1.38 bits per heavy atom. The van der Waals surface area contributed by atoms with E-state index in [0.29, 0.717) is 29.7 Å². The predicted molar refractivity (Wildman–Crippen MR) is 265 cm³/mol. The summed E-state index contributed by atoms with van der Waals surface area (Å²) >= 11 is 0. The van der Waals surface area contributed by atoms with E-state index in [4.69, 9.17) is 11.5 Å². The summed E-state index contributed by atoms with van der Waals surface area (Å²) in [5.41, 5.74) is 12.8. The van der Waals surface area contributed by atoms with Crippen molar-refractivity contribution in [1.29, 1.82) is 5.39 Å². The number of imidazole rings is 1. The summed E-state index contributed by atoms with van der Waals surface area (Å²) in [7, 11) is 1.56. The predicted octanol–water partition coefficient (Wildman–Crippen LogP) is -0.508. The lowest BCUT2D eigenvalue weighted by molar-refractivity contribution is -0.145. The lowest BCUT2D eigenvalue weighted by Gasteiger charge is -2.31. The number of nitrogens with zero attached hydrogens (tertiary/aromatic N) is 5. The Bertz CT molecular complexity index is 2390. The fourth-order valence-electron chi connectivity index (χ4n) is 8.06. The molecule has 24 nitrogen and oxygen atoms in total. The molecule has 0 aliphatic carbocycles. The first-order valence-electron chi connectivity index (χ1n) is 23.8. The van der Waals surface area contributed by atoms with Crippen molar-refractivity contribution in [2.75, 3.05) is 26.7 Å². The van der Waals surface area contributed by atoms with Gasteiger partial charge in [0.1, 0.15) is 42.3 Å². The maximum atomic E-state index is 14.5. The number of carbonyl (C=O) groups excluding carboxylic acids is 7. The Kier molecular flexibility index (Phi) is 22.1. The van der Waals surface area contributed by atoms with Gasteiger partial charge in [-0.25, -0.2) is 9.78 Å². The Labute approximate surface area is 417 Å². The van der Waals surface area contributed by atoms with E-state index in [9.17, 15) is 48.9 Å². The molecule has 2 aromatic carbocycles. The average molecular weight is 999 g/mol. The van der Waals surface area contributed by atoms with Crippen molar-refractivity contribution in [3.8, 4) is 0 Å². The van der Waals surface area contributed by atoms with Crippen molar-refractivity contribution in [3.63, 3.8) is 0 Å². The quantitative estimate of drug-likeness (QED) is 0.0199. The van der Waals surface area contributed by atoms with Crippen LogP contribution < -0.4 is 48.7 Å². The number of nitrogens with one attached hydrogen (secondary N) is 8. The zero-order valence-corrected chi connectivity index (χ0v) is 41.2. The number of carboxylic acid groups (broad SMARTS) is 1. The van der Waals surface area contributed by atoms with Gasteiger partial charge in [-0.15, -0.1) is 0 Å². The minimum Gasteiger partial charge on any atom is -0.480 e. The van der Waals surface area contributed by atoms with Gasteiger partial charge in [-0.05, 0) is 55.7 Å². The van der Waals surface area contributed by atoms with Crippen molar-refractivity contribution in [2.24, 2.45) is 28.3 Å². The van der Waals surface area contributed by atoms with Gasteiger partial charge in [-0.2, -0.15) is 0 Å². The van der Waals surface area contributed by atoms with Gasteiger partial charge in [0.05, 0.1) is 12.9 Å². The normalized spacial score (nSPS) is 15.6. The van der Waals surface area contributed by atoms with E-state index in [1.54, 1.807) is 77.2 Å². The maximum absolute atomic E-state index is 14.5. The van der Waals surface area contributed by atoms with Gasteiger partial charge in [-0.1, -0.05) is 70.2 Å². The first kappa shape index (κ1) is 56.6. The van der Waals surface area contributed by atoms with Crippen LogP contribution in [-0.2, 0) is 57.6 Å². The zero-order chi connectivity index (χ0) is 52.9. The van der Waals surface area contributed by atoms with Crippen LogP contribution in [0.5, 0.6) is 0 Å². The second-order valence-electron chi connectivity index (χ2n) is 18.2. The molecule has 24 heteroatoms. The van der Waals surface area contributed by atoms with Gasteiger partial charge in [0.15, 0.2) is 10.9 Å². The zero-order valence-electron chi connectivity index (χ0n) is 41.2. The number of nitrogens with two attached hydrogens (primary N) is 2. The van der Waals surface area contributed by atoms with Crippen LogP contribution in [0.4, 0.5) is 5.69 Å². The van der Waals surface area contributed by atoms with Gasteiger partial charge >= 0.3 is 11.7 Å². The van der Waals surface area contributed by atoms with Crippen molar-refractivity contribution in [1.82, 2.24) is 52.1 Å².